The number of ether oxygens (including phenoxy) is 5. The van der Waals surface area contributed by atoms with E-state index in [2.05, 4.69) is 13.8 Å². The topological polar surface area (TPSA) is 63.2 Å². The smallest absolute Gasteiger partial charge is 0.177 e. The lowest BCUT2D eigenvalue weighted by Crippen LogP contribution is -2.34. The van der Waals surface area contributed by atoms with E-state index in [-0.39, 0.29) is 18.0 Å². The van der Waals surface area contributed by atoms with Gasteiger partial charge in [0.15, 0.2) is 17.3 Å². The average Bonchev–Trinajstić information content (AvgIpc) is 2.72. The number of fused-ring (bicyclic) bond motifs is 3. The van der Waals surface area contributed by atoms with Crippen LogP contribution in [0.5, 0.6) is 28.7 Å². The van der Waals surface area contributed by atoms with Crippen LogP contribution in [-0.2, 0) is 6.42 Å². The van der Waals surface area contributed by atoms with Crippen LogP contribution in [0.15, 0.2) is 24.3 Å². The molecule has 0 aliphatic carbocycles. The van der Waals surface area contributed by atoms with E-state index in [9.17, 15) is 4.79 Å². The van der Waals surface area contributed by atoms with Gasteiger partial charge in [-0.3, -0.25) is 4.79 Å². The highest BCUT2D eigenvalue weighted by Gasteiger charge is 2.37. The maximum atomic E-state index is 13.4. The predicted octanol–water partition coefficient (Wildman–Crippen LogP) is 4.17. The number of hydrogen-bond donors (Lipinski definition) is 0. The normalized spacial score (nSPS) is 19.3. The molecule has 0 saturated carbocycles. The van der Waals surface area contributed by atoms with Crippen LogP contribution >= 0.6 is 0 Å². The quantitative estimate of drug-likeness (QED) is 0.770. The molecule has 2 aliphatic heterocycles. The first-order valence-corrected chi connectivity index (χ1v) is 9.70. The molecule has 0 unspecified atom stereocenters. The second kappa shape index (κ2) is 7.17. The summed E-state index contributed by atoms with van der Waals surface area (Å²) in [5.74, 6) is 2.62. The molecule has 29 heavy (non-hydrogen) atoms. The predicted molar refractivity (Wildman–Crippen MR) is 108 cm³/mol. The molecule has 154 valence electrons. The first-order valence-electron chi connectivity index (χ1n) is 9.70. The summed E-state index contributed by atoms with van der Waals surface area (Å²) < 4.78 is 28.5. The van der Waals surface area contributed by atoms with Gasteiger partial charge in [-0.2, -0.15) is 0 Å². The van der Waals surface area contributed by atoms with Gasteiger partial charge in [-0.15, -0.1) is 0 Å². The minimum absolute atomic E-state index is 0.00408. The fourth-order valence-electron chi connectivity index (χ4n) is 4.06. The molecule has 0 spiro atoms. The third kappa shape index (κ3) is 3.26. The molecular formula is C23H26O6. The van der Waals surface area contributed by atoms with Gasteiger partial charge in [0.25, 0.3) is 0 Å². The minimum atomic E-state index is -0.490. The van der Waals surface area contributed by atoms with Crippen molar-refractivity contribution in [1.82, 2.24) is 0 Å². The number of Topliss-reactive ketones (excluding diaryl/α,β-unsaturated/α-hetero) is 1. The van der Waals surface area contributed by atoms with Gasteiger partial charge in [0, 0.05) is 17.2 Å². The second-order valence-corrected chi connectivity index (χ2v) is 7.96. The molecule has 2 heterocycles. The van der Waals surface area contributed by atoms with E-state index >= 15 is 0 Å². The van der Waals surface area contributed by atoms with Crippen LogP contribution in [0.1, 0.15) is 47.7 Å². The van der Waals surface area contributed by atoms with Crippen LogP contribution in [0.4, 0.5) is 0 Å². The Kier molecular flexibility index (Phi) is 4.81. The Morgan fingerprint density at radius 1 is 1.00 bits per heavy atom. The highest BCUT2D eigenvalue weighted by atomic mass is 16.5. The summed E-state index contributed by atoms with van der Waals surface area (Å²) in [4.78, 5) is 13.4. The van der Waals surface area contributed by atoms with E-state index in [1.54, 1.807) is 39.5 Å². The van der Waals surface area contributed by atoms with Gasteiger partial charge in [-0.05, 0) is 44.9 Å². The van der Waals surface area contributed by atoms with Crippen molar-refractivity contribution in [3.8, 4) is 28.7 Å². The molecule has 0 radical (unpaired) electrons. The first kappa shape index (κ1) is 19.4. The van der Waals surface area contributed by atoms with Gasteiger partial charge in [-0.25, -0.2) is 0 Å². The summed E-state index contributed by atoms with van der Waals surface area (Å²) in [7, 11) is 4.70. The SMILES string of the molecule is COc1cc(OC)c([C@H]2COc3c(ccc4c3CCC(C)(C)O4)C2=O)cc1OC. The Morgan fingerprint density at radius 2 is 1.69 bits per heavy atom. The van der Waals surface area contributed by atoms with Crippen LogP contribution < -0.4 is 23.7 Å². The zero-order chi connectivity index (χ0) is 20.8. The molecule has 2 aromatic carbocycles. The van der Waals surface area contributed by atoms with E-state index in [1.165, 1.54) is 0 Å². The Bertz CT molecular complexity index is 962. The van der Waals surface area contributed by atoms with E-state index in [1.807, 2.05) is 6.07 Å². The molecule has 1 atom stereocenters. The minimum Gasteiger partial charge on any atom is -0.496 e. The number of benzene rings is 2. The van der Waals surface area contributed by atoms with Crippen LogP contribution in [0.25, 0.3) is 0 Å². The lowest BCUT2D eigenvalue weighted by atomic mass is 9.85. The lowest BCUT2D eigenvalue weighted by molar-refractivity contribution is 0.0806. The third-order valence-corrected chi connectivity index (χ3v) is 5.67. The summed E-state index contributed by atoms with van der Waals surface area (Å²) in [6.07, 6.45) is 1.70. The molecule has 6 heteroatoms. The summed E-state index contributed by atoms with van der Waals surface area (Å²) >= 11 is 0. The Hall–Kier alpha value is -2.89. The van der Waals surface area contributed by atoms with E-state index in [0.717, 1.165) is 29.7 Å². The van der Waals surface area contributed by atoms with Crippen LogP contribution in [0.2, 0.25) is 0 Å². The van der Waals surface area contributed by atoms with Crippen molar-refractivity contribution < 1.29 is 28.5 Å². The second-order valence-electron chi connectivity index (χ2n) is 7.96. The number of carbonyl (C=O) groups excluding carboxylic acids is 1. The van der Waals surface area contributed by atoms with Crippen molar-refractivity contribution in [3.05, 3.63) is 41.0 Å². The molecule has 6 nitrogen and oxygen atoms in total. The van der Waals surface area contributed by atoms with Gasteiger partial charge in [-0.1, -0.05) is 0 Å². The molecule has 0 fully saturated rings. The Morgan fingerprint density at radius 3 is 2.38 bits per heavy atom. The summed E-state index contributed by atoms with van der Waals surface area (Å²) in [6, 6.07) is 7.21. The zero-order valence-electron chi connectivity index (χ0n) is 17.5. The Labute approximate surface area is 170 Å². The summed E-state index contributed by atoms with van der Waals surface area (Å²) in [5, 5.41) is 0. The molecular weight excluding hydrogens is 372 g/mol. The van der Waals surface area contributed by atoms with Crippen molar-refractivity contribution in [2.45, 2.75) is 38.2 Å². The first-order chi connectivity index (χ1) is 13.9. The van der Waals surface area contributed by atoms with Crippen molar-refractivity contribution in [3.63, 3.8) is 0 Å². The fraction of sp³-hybridized carbons (Fsp3) is 0.435. The highest BCUT2D eigenvalue weighted by molar-refractivity contribution is 6.05. The number of ketones is 1. The number of rotatable bonds is 4. The molecule has 2 aromatic rings. The summed E-state index contributed by atoms with van der Waals surface area (Å²) in [6.45, 7) is 4.37. The molecule has 0 amide bonds. The zero-order valence-corrected chi connectivity index (χ0v) is 17.5. The lowest BCUT2D eigenvalue weighted by Gasteiger charge is -2.35. The molecule has 0 N–H and O–H groups in total. The molecule has 0 bridgehead atoms. The number of hydrogen-bond acceptors (Lipinski definition) is 6. The monoisotopic (exact) mass is 398 g/mol. The maximum Gasteiger partial charge on any atom is 0.177 e. The Balaban J connectivity index is 1.74. The maximum absolute atomic E-state index is 13.4. The number of carbonyl (C=O) groups is 1. The van der Waals surface area contributed by atoms with E-state index in [4.69, 9.17) is 23.7 Å². The van der Waals surface area contributed by atoms with E-state index < -0.39 is 5.92 Å². The van der Waals surface area contributed by atoms with Crippen molar-refractivity contribution in [1.29, 1.82) is 0 Å². The molecule has 2 aliphatic rings. The fourth-order valence-corrected chi connectivity index (χ4v) is 4.06. The van der Waals surface area contributed by atoms with Crippen molar-refractivity contribution in [2.75, 3.05) is 27.9 Å². The van der Waals surface area contributed by atoms with Gasteiger partial charge >= 0.3 is 0 Å². The van der Waals surface area contributed by atoms with Crippen LogP contribution in [-0.4, -0.2) is 39.3 Å². The van der Waals surface area contributed by atoms with Gasteiger partial charge in [0.05, 0.1) is 32.8 Å². The summed E-state index contributed by atoms with van der Waals surface area (Å²) in [5.41, 5.74) is 2.07. The van der Waals surface area contributed by atoms with Crippen molar-refractivity contribution in [2.24, 2.45) is 0 Å². The van der Waals surface area contributed by atoms with Crippen molar-refractivity contribution >= 4 is 5.78 Å². The van der Waals surface area contributed by atoms with Crippen LogP contribution in [0, 0.1) is 0 Å². The molecule has 0 aromatic heterocycles. The standard InChI is InChI=1S/C23H26O6/c1-23(2)9-8-13-17(29-23)7-6-14-21(24)16(12-28-22(13)14)15-10-19(26-4)20(27-5)11-18(15)25-3/h6-7,10-11,16H,8-9,12H2,1-5H3/t16-/m1/s1. The van der Waals surface area contributed by atoms with Gasteiger partial charge < -0.3 is 23.7 Å². The molecule has 4 rings (SSSR count). The van der Waals surface area contributed by atoms with Crippen LogP contribution in [0.3, 0.4) is 0 Å². The van der Waals surface area contributed by atoms with E-state index in [0.29, 0.717) is 28.6 Å². The number of methoxy groups -OCH3 is 3. The highest BCUT2D eigenvalue weighted by Crippen LogP contribution is 2.46. The largest absolute Gasteiger partial charge is 0.496 e. The van der Waals surface area contributed by atoms with Gasteiger partial charge in [0.1, 0.15) is 29.5 Å². The van der Waals surface area contributed by atoms with Gasteiger partial charge in [0.2, 0.25) is 0 Å². The average molecular weight is 398 g/mol. The third-order valence-electron chi connectivity index (χ3n) is 5.67. The molecule has 0 saturated heterocycles.